The lowest BCUT2D eigenvalue weighted by molar-refractivity contribution is 0.982. The molecule has 0 amide bonds. The average molecular weight is 198 g/mol. The topological polar surface area (TPSA) is 12.0 Å². The molecule has 0 aliphatic carbocycles. The van der Waals surface area contributed by atoms with Crippen molar-refractivity contribution in [3.63, 3.8) is 0 Å². The summed E-state index contributed by atoms with van der Waals surface area (Å²) < 4.78 is 0. The fourth-order valence-corrected chi connectivity index (χ4v) is 1.51. The van der Waals surface area contributed by atoms with Crippen molar-refractivity contribution in [3.8, 4) is 0 Å². The lowest BCUT2D eigenvalue weighted by Crippen LogP contribution is -2.04. The minimum absolute atomic E-state index is 0.720. The number of para-hydroxylation sites is 1. The average Bonchev–Trinajstić information content (AvgIpc) is 2.10. The number of hydrogen-bond acceptors (Lipinski definition) is 1. The summed E-state index contributed by atoms with van der Waals surface area (Å²) in [4.78, 5) is 0. The van der Waals surface area contributed by atoms with Crippen LogP contribution < -0.4 is 5.32 Å². The molecule has 0 radical (unpaired) electrons. The van der Waals surface area contributed by atoms with Crippen molar-refractivity contribution in [3.05, 3.63) is 29.3 Å². The molecule has 0 heterocycles. The monoisotopic (exact) mass is 197 g/mol. The maximum absolute atomic E-state index is 5.61. The van der Waals surface area contributed by atoms with Crippen molar-refractivity contribution < 1.29 is 0 Å². The van der Waals surface area contributed by atoms with Crippen LogP contribution in [0.5, 0.6) is 0 Å². The van der Waals surface area contributed by atoms with Gasteiger partial charge in [-0.25, -0.2) is 0 Å². The van der Waals surface area contributed by atoms with Gasteiger partial charge in [-0.1, -0.05) is 18.2 Å². The van der Waals surface area contributed by atoms with E-state index in [1.54, 1.807) is 0 Å². The largest absolute Gasteiger partial charge is 0.385 e. The Morgan fingerprint density at radius 2 is 1.85 bits per heavy atom. The van der Waals surface area contributed by atoms with E-state index < -0.39 is 0 Å². The standard InChI is InChI=1S/C11H16ClN/c1-9-5-3-6-10(2)11(9)13-8-4-7-12/h3,5-6,13H,4,7-8H2,1-2H3. The first-order chi connectivity index (χ1) is 6.25. The number of anilines is 1. The molecular weight excluding hydrogens is 182 g/mol. The van der Waals surface area contributed by atoms with Gasteiger partial charge in [-0.3, -0.25) is 0 Å². The molecule has 1 nitrogen and oxygen atoms in total. The Labute approximate surface area is 85.1 Å². The van der Waals surface area contributed by atoms with Gasteiger partial charge >= 0.3 is 0 Å². The van der Waals surface area contributed by atoms with E-state index in [2.05, 4.69) is 37.4 Å². The predicted molar refractivity (Wildman–Crippen MR) is 59.7 cm³/mol. The first-order valence-corrected chi connectivity index (χ1v) is 5.15. The molecule has 0 fully saturated rings. The lowest BCUT2D eigenvalue weighted by atomic mass is 10.1. The van der Waals surface area contributed by atoms with Crippen LogP contribution in [0.3, 0.4) is 0 Å². The molecule has 0 bridgehead atoms. The number of nitrogens with one attached hydrogen (secondary N) is 1. The van der Waals surface area contributed by atoms with Gasteiger partial charge in [-0.05, 0) is 31.4 Å². The predicted octanol–water partition coefficient (Wildman–Crippen LogP) is 3.34. The molecule has 1 aromatic rings. The van der Waals surface area contributed by atoms with E-state index in [0.29, 0.717) is 0 Å². The van der Waals surface area contributed by atoms with Crippen LogP contribution in [0, 0.1) is 13.8 Å². The van der Waals surface area contributed by atoms with Gasteiger partial charge in [0.25, 0.3) is 0 Å². The molecule has 0 saturated carbocycles. The number of aryl methyl sites for hydroxylation is 2. The molecule has 0 saturated heterocycles. The van der Waals surface area contributed by atoms with Crippen LogP contribution in [0.4, 0.5) is 5.69 Å². The van der Waals surface area contributed by atoms with Gasteiger partial charge in [0.05, 0.1) is 0 Å². The van der Waals surface area contributed by atoms with Crippen LogP contribution >= 0.6 is 11.6 Å². The molecule has 0 spiro atoms. The quantitative estimate of drug-likeness (QED) is 0.577. The number of hydrogen-bond donors (Lipinski definition) is 1. The first-order valence-electron chi connectivity index (χ1n) is 4.61. The molecule has 72 valence electrons. The van der Waals surface area contributed by atoms with Crippen molar-refractivity contribution in [2.45, 2.75) is 20.3 Å². The maximum Gasteiger partial charge on any atom is 0.0399 e. The summed E-state index contributed by atoms with van der Waals surface area (Å²) in [6, 6.07) is 6.32. The van der Waals surface area contributed by atoms with Crippen LogP contribution in [-0.4, -0.2) is 12.4 Å². The number of halogens is 1. The molecule has 1 aromatic carbocycles. The lowest BCUT2D eigenvalue weighted by Gasteiger charge is -2.11. The van der Waals surface area contributed by atoms with Gasteiger partial charge in [0, 0.05) is 18.1 Å². The molecule has 0 unspecified atom stereocenters. The Hall–Kier alpha value is -0.690. The highest BCUT2D eigenvalue weighted by atomic mass is 35.5. The van der Waals surface area contributed by atoms with Crippen molar-refractivity contribution in [2.75, 3.05) is 17.7 Å². The highest BCUT2D eigenvalue weighted by Gasteiger charge is 1.99. The number of benzene rings is 1. The third kappa shape index (κ3) is 2.92. The Balaban J connectivity index is 2.64. The number of alkyl halides is 1. The third-order valence-corrected chi connectivity index (χ3v) is 2.36. The zero-order valence-electron chi connectivity index (χ0n) is 8.23. The Morgan fingerprint density at radius 1 is 1.23 bits per heavy atom. The van der Waals surface area contributed by atoms with E-state index in [1.165, 1.54) is 16.8 Å². The van der Waals surface area contributed by atoms with Crippen LogP contribution in [-0.2, 0) is 0 Å². The second-order valence-corrected chi connectivity index (χ2v) is 3.61. The van der Waals surface area contributed by atoms with Gasteiger partial charge in [-0.15, -0.1) is 11.6 Å². The Bertz CT molecular complexity index is 251. The third-order valence-electron chi connectivity index (χ3n) is 2.09. The Kier molecular flexibility index (Phi) is 4.10. The Morgan fingerprint density at radius 3 is 2.38 bits per heavy atom. The normalized spacial score (nSPS) is 10.1. The second-order valence-electron chi connectivity index (χ2n) is 3.24. The fourth-order valence-electron chi connectivity index (χ4n) is 1.37. The van der Waals surface area contributed by atoms with Crippen LogP contribution in [0.15, 0.2) is 18.2 Å². The molecular formula is C11H16ClN. The van der Waals surface area contributed by atoms with Gasteiger partial charge in [0.2, 0.25) is 0 Å². The molecule has 0 aromatic heterocycles. The molecule has 13 heavy (non-hydrogen) atoms. The summed E-state index contributed by atoms with van der Waals surface area (Å²) in [5.41, 5.74) is 3.86. The second kappa shape index (κ2) is 5.13. The minimum atomic E-state index is 0.720. The summed E-state index contributed by atoms with van der Waals surface area (Å²) in [5, 5.41) is 3.40. The van der Waals surface area contributed by atoms with E-state index in [1.807, 2.05) is 0 Å². The van der Waals surface area contributed by atoms with Gasteiger partial charge in [0.1, 0.15) is 0 Å². The molecule has 2 heteroatoms. The molecule has 1 N–H and O–H groups in total. The van der Waals surface area contributed by atoms with Gasteiger partial charge in [-0.2, -0.15) is 0 Å². The van der Waals surface area contributed by atoms with Gasteiger partial charge in [0.15, 0.2) is 0 Å². The highest BCUT2D eigenvalue weighted by Crippen LogP contribution is 2.18. The van der Waals surface area contributed by atoms with E-state index in [9.17, 15) is 0 Å². The summed E-state index contributed by atoms with van der Waals surface area (Å²) in [5.74, 6) is 0.720. The smallest absolute Gasteiger partial charge is 0.0399 e. The van der Waals surface area contributed by atoms with E-state index in [0.717, 1.165) is 18.8 Å². The summed E-state index contributed by atoms with van der Waals surface area (Å²) >= 11 is 5.61. The maximum atomic E-state index is 5.61. The van der Waals surface area contributed by atoms with E-state index >= 15 is 0 Å². The van der Waals surface area contributed by atoms with Crippen LogP contribution in [0.25, 0.3) is 0 Å². The van der Waals surface area contributed by atoms with Crippen molar-refractivity contribution in [1.82, 2.24) is 0 Å². The van der Waals surface area contributed by atoms with E-state index in [-0.39, 0.29) is 0 Å². The highest BCUT2D eigenvalue weighted by molar-refractivity contribution is 6.17. The summed E-state index contributed by atoms with van der Waals surface area (Å²) in [6.07, 6.45) is 1.01. The first kappa shape index (κ1) is 10.4. The SMILES string of the molecule is Cc1cccc(C)c1NCCCCl. The molecule has 0 aliphatic heterocycles. The van der Waals surface area contributed by atoms with E-state index in [4.69, 9.17) is 11.6 Å². The van der Waals surface area contributed by atoms with Crippen molar-refractivity contribution >= 4 is 17.3 Å². The van der Waals surface area contributed by atoms with Crippen molar-refractivity contribution in [1.29, 1.82) is 0 Å². The summed E-state index contributed by atoms with van der Waals surface area (Å²) in [7, 11) is 0. The molecule has 0 atom stereocenters. The van der Waals surface area contributed by atoms with Crippen LogP contribution in [0.1, 0.15) is 17.5 Å². The summed E-state index contributed by atoms with van der Waals surface area (Å²) in [6.45, 7) is 5.20. The fraction of sp³-hybridized carbons (Fsp3) is 0.455. The minimum Gasteiger partial charge on any atom is -0.385 e. The molecule has 0 aliphatic rings. The van der Waals surface area contributed by atoms with Crippen molar-refractivity contribution in [2.24, 2.45) is 0 Å². The van der Waals surface area contributed by atoms with Crippen LogP contribution in [0.2, 0.25) is 0 Å². The zero-order valence-corrected chi connectivity index (χ0v) is 8.99. The van der Waals surface area contributed by atoms with Gasteiger partial charge < -0.3 is 5.32 Å². The molecule has 1 rings (SSSR count). The number of rotatable bonds is 4. The zero-order chi connectivity index (χ0) is 9.68.